The maximum atomic E-state index is 10.9. The van der Waals surface area contributed by atoms with E-state index in [1.165, 1.54) is 0 Å². The third-order valence-corrected chi connectivity index (χ3v) is 3.44. The molecule has 0 aromatic carbocycles. The lowest BCUT2D eigenvalue weighted by atomic mass is 9.96. The highest BCUT2D eigenvalue weighted by molar-refractivity contribution is 5.70. The molecule has 0 radical (unpaired) electrons. The number of piperidine rings is 1. The molecule has 0 aliphatic carbocycles. The first-order valence-electron chi connectivity index (χ1n) is 5.91. The van der Waals surface area contributed by atoms with E-state index in [1.807, 2.05) is 0 Å². The molecule has 1 aromatic heterocycles. The number of rotatable bonds is 3. The van der Waals surface area contributed by atoms with Crippen molar-refractivity contribution in [1.82, 2.24) is 14.9 Å². The first kappa shape index (κ1) is 12.0. The molecule has 5 heteroatoms. The van der Waals surface area contributed by atoms with Crippen LogP contribution >= 0.6 is 0 Å². The number of hydrogen-bond acceptors (Lipinski definition) is 4. The molecule has 1 aromatic rings. The van der Waals surface area contributed by atoms with Crippen molar-refractivity contribution in [2.24, 2.45) is 5.92 Å². The molecule has 5 nitrogen and oxygen atoms in total. The molecule has 1 N–H and O–H groups in total. The summed E-state index contributed by atoms with van der Waals surface area (Å²) in [5.41, 5.74) is 0.946. The molecule has 0 unspecified atom stereocenters. The highest BCUT2D eigenvalue weighted by atomic mass is 16.4. The second-order valence-electron chi connectivity index (χ2n) is 4.45. The van der Waals surface area contributed by atoms with Gasteiger partial charge >= 0.3 is 5.97 Å². The van der Waals surface area contributed by atoms with Gasteiger partial charge in [0.25, 0.3) is 0 Å². The van der Waals surface area contributed by atoms with Crippen LogP contribution in [0.5, 0.6) is 0 Å². The maximum absolute atomic E-state index is 10.9. The first-order chi connectivity index (χ1) is 8.18. The second-order valence-corrected chi connectivity index (χ2v) is 4.45. The molecular weight excluding hydrogens is 218 g/mol. The Kier molecular flexibility index (Phi) is 3.68. The Hall–Kier alpha value is -1.49. The Bertz CT molecular complexity index is 375. The van der Waals surface area contributed by atoms with Crippen molar-refractivity contribution in [2.75, 3.05) is 13.1 Å². The van der Waals surface area contributed by atoms with Gasteiger partial charge in [0.1, 0.15) is 0 Å². The van der Waals surface area contributed by atoms with Gasteiger partial charge in [0.2, 0.25) is 0 Å². The van der Waals surface area contributed by atoms with Gasteiger partial charge in [-0.25, -0.2) is 0 Å². The first-order valence-corrected chi connectivity index (χ1v) is 5.91. The zero-order valence-electron chi connectivity index (χ0n) is 9.91. The summed E-state index contributed by atoms with van der Waals surface area (Å²) in [5.74, 6) is -0.850. The number of carboxylic acid groups (broad SMARTS) is 1. The molecule has 2 rings (SSSR count). The number of aromatic nitrogens is 2. The fraction of sp³-hybridized carbons (Fsp3) is 0.583. The summed E-state index contributed by atoms with van der Waals surface area (Å²) in [7, 11) is 0. The fourth-order valence-electron chi connectivity index (χ4n) is 2.25. The summed E-state index contributed by atoms with van der Waals surface area (Å²) < 4.78 is 0. The number of carboxylic acids is 1. The minimum absolute atomic E-state index is 0.180. The van der Waals surface area contributed by atoms with Crippen molar-refractivity contribution in [1.29, 1.82) is 0 Å². The van der Waals surface area contributed by atoms with Gasteiger partial charge < -0.3 is 5.11 Å². The minimum Gasteiger partial charge on any atom is -0.481 e. The van der Waals surface area contributed by atoms with E-state index < -0.39 is 5.97 Å². The summed E-state index contributed by atoms with van der Waals surface area (Å²) in [4.78, 5) is 21.5. The van der Waals surface area contributed by atoms with Crippen LogP contribution in [-0.2, 0) is 4.79 Å². The molecule has 1 aliphatic rings. The van der Waals surface area contributed by atoms with E-state index in [0.29, 0.717) is 0 Å². The summed E-state index contributed by atoms with van der Waals surface area (Å²) in [6.07, 6.45) is 6.57. The molecule has 1 atom stereocenters. The lowest BCUT2D eigenvalue weighted by molar-refractivity contribution is -0.143. The summed E-state index contributed by atoms with van der Waals surface area (Å²) in [5, 5.41) is 8.94. The van der Waals surface area contributed by atoms with Gasteiger partial charge in [-0.2, -0.15) is 0 Å². The molecule has 0 amide bonds. The predicted molar refractivity (Wildman–Crippen MR) is 62.4 cm³/mol. The van der Waals surface area contributed by atoms with Crippen LogP contribution in [0, 0.1) is 5.92 Å². The number of hydrogen-bond donors (Lipinski definition) is 1. The molecule has 0 bridgehead atoms. The highest BCUT2D eigenvalue weighted by Crippen LogP contribution is 2.25. The normalized spacial score (nSPS) is 20.1. The van der Waals surface area contributed by atoms with Gasteiger partial charge in [-0.1, -0.05) is 0 Å². The standard InChI is InChI=1S/C12H17N3O2/c1-9(11-8-13-4-5-14-11)15-6-2-10(3-7-15)12(16)17/h4-5,8-10H,2-3,6-7H2,1H3,(H,16,17)/t9-/m0/s1. The second kappa shape index (κ2) is 5.23. The van der Waals surface area contributed by atoms with Crippen molar-refractivity contribution in [3.05, 3.63) is 24.3 Å². The lowest BCUT2D eigenvalue weighted by Gasteiger charge is -2.34. The van der Waals surface area contributed by atoms with Gasteiger partial charge in [-0.15, -0.1) is 0 Å². The molecule has 0 spiro atoms. The van der Waals surface area contributed by atoms with Gasteiger partial charge in [0.05, 0.1) is 17.7 Å². The van der Waals surface area contributed by atoms with Gasteiger partial charge in [0.15, 0.2) is 0 Å². The number of aliphatic carboxylic acids is 1. The molecule has 1 fully saturated rings. The summed E-state index contributed by atoms with van der Waals surface area (Å²) >= 11 is 0. The van der Waals surface area contributed by atoms with E-state index in [2.05, 4.69) is 21.8 Å². The topological polar surface area (TPSA) is 66.3 Å². The van der Waals surface area contributed by atoms with Crippen LogP contribution in [0.3, 0.4) is 0 Å². The van der Waals surface area contributed by atoms with Crippen LogP contribution in [-0.4, -0.2) is 39.0 Å². The van der Waals surface area contributed by atoms with E-state index >= 15 is 0 Å². The van der Waals surface area contributed by atoms with Crippen LogP contribution in [0.4, 0.5) is 0 Å². The largest absolute Gasteiger partial charge is 0.481 e. The van der Waals surface area contributed by atoms with E-state index in [1.54, 1.807) is 18.6 Å². The van der Waals surface area contributed by atoms with E-state index in [0.717, 1.165) is 31.6 Å². The fourth-order valence-corrected chi connectivity index (χ4v) is 2.25. The van der Waals surface area contributed by atoms with E-state index in [-0.39, 0.29) is 12.0 Å². The Morgan fingerprint density at radius 2 is 2.18 bits per heavy atom. The zero-order valence-corrected chi connectivity index (χ0v) is 9.91. The SMILES string of the molecule is C[C@@H](c1cnccn1)N1CCC(C(=O)O)CC1. The van der Waals surface area contributed by atoms with Crippen molar-refractivity contribution >= 4 is 5.97 Å². The molecule has 0 saturated carbocycles. The molecule has 17 heavy (non-hydrogen) atoms. The number of likely N-dealkylation sites (tertiary alicyclic amines) is 1. The van der Waals surface area contributed by atoms with Gasteiger partial charge in [-0.3, -0.25) is 19.7 Å². The zero-order chi connectivity index (χ0) is 12.3. The Labute approximate surface area is 100 Å². The Morgan fingerprint density at radius 3 is 2.71 bits per heavy atom. The summed E-state index contributed by atoms with van der Waals surface area (Å²) in [6.45, 7) is 3.72. The highest BCUT2D eigenvalue weighted by Gasteiger charge is 2.27. The molecule has 2 heterocycles. The molecular formula is C12H17N3O2. The third-order valence-electron chi connectivity index (χ3n) is 3.44. The van der Waals surface area contributed by atoms with Gasteiger partial charge in [-0.05, 0) is 32.9 Å². The Balaban J connectivity index is 1.95. The molecule has 1 saturated heterocycles. The molecule has 92 valence electrons. The lowest BCUT2D eigenvalue weighted by Crippen LogP contribution is -2.38. The average molecular weight is 235 g/mol. The van der Waals surface area contributed by atoms with Crippen molar-refractivity contribution < 1.29 is 9.90 Å². The average Bonchev–Trinajstić information content (AvgIpc) is 2.39. The smallest absolute Gasteiger partial charge is 0.306 e. The number of nitrogens with zero attached hydrogens (tertiary/aromatic N) is 3. The van der Waals surface area contributed by atoms with Gasteiger partial charge in [0, 0.05) is 18.6 Å². The van der Waals surface area contributed by atoms with Crippen molar-refractivity contribution in [3.63, 3.8) is 0 Å². The monoisotopic (exact) mass is 235 g/mol. The summed E-state index contributed by atoms with van der Waals surface area (Å²) in [6, 6.07) is 0.207. The third kappa shape index (κ3) is 2.79. The van der Waals surface area contributed by atoms with Crippen molar-refractivity contribution in [3.8, 4) is 0 Å². The predicted octanol–water partition coefficient (Wildman–Crippen LogP) is 1.33. The van der Waals surface area contributed by atoms with Crippen LogP contribution in [0.1, 0.15) is 31.5 Å². The molecule has 1 aliphatic heterocycles. The number of carbonyl (C=O) groups is 1. The van der Waals surface area contributed by atoms with Crippen LogP contribution in [0.25, 0.3) is 0 Å². The van der Waals surface area contributed by atoms with E-state index in [9.17, 15) is 4.79 Å². The van der Waals surface area contributed by atoms with Crippen molar-refractivity contribution in [2.45, 2.75) is 25.8 Å². The van der Waals surface area contributed by atoms with Crippen LogP contribution in [0.2, 0.25) is 0 Å². The minimum atomic E-state index is -0.670. The maximum Gasteiger partial charge on any atom is 0.306 e. The Morgan fingerprint density at radius 1 is 1.47 bits per heavy atom. The van der Waals surface area contributed by atoms with Crippen LogP contribution in [0.15, 0.2) is 18.6 Å². The van der Waals surface area contributed by atoms with E-state index in [4.69, 9.17) is 5.11 Å². The van der Waals surface area contributed by atoms with Crippen LogP contribution < -0.4 is 0 Å². The quantitative estimate of drug-likeness (QED) is 0.856.